The number of nitrogens with two attached hydrogens (primary N) is 1. The van der Waals surface area contributed by atoms with Gasteiger partial charge < -0.3 is 10.5 Å². The van der Waals surface area contributed by atoms with Crippen molar-refractivity contribution in [2.45, 2.75) is 13.3 Å². The summed E-state index contributed by atoms with van der Waals surface area (Å²) in [7, 11) is 0. The van der Waals surface area contributed by atoms with Crippen LogP contribution in [0.1, 0.15) is 23.8 Å². The smallest absolute Gasteiger partial charge is 0.355 e. The molecule has 0 saturated carbocycles. The van der Waals surface area contributed by atoms with Crippen molar-refractivity contribution in [3.05, 3.63) is 24.0 Å². The maximum Gasteiger partial charge on any atom is 0.355 e. The normalized spacial score (nSPS) is 9.79. The van der Waals surface area contributed by atoms with Crippen molar-refractivity contribution in [1.82, 2.24) is 4.57 Å². The van der Waals surface area contributed by atoms with Gasteiger partial charge in [0.2, 0.25) is 0 Å². The van der Waals surface area contributed by atoms with Crippen molar-refractivity contribution in [2.75, 3.05) is 6.61 Å². The summed E-state index contributed by atoms with van der Waals surface area (Å²) in [6.07, 6.45) is 2.16. The van der Waals surface area contributed by atoms with E-state index in [0.717, 1.165) is 11.0 Å². The quantitative estimate of drug-likeness (QED) is 0.732. The standard InChI is InChI=1S/C9H12N2O3/c1-2-6-14-8(12)7-4-3-5-11(7)9(10)13/h3-5H,2,6H2,1H3,(H2,10,13). The third kappa shape index (κ3) is 2.12. The Labute approximate surface area is 81.5 Å². The summed E-state index contributed by atoms with van der Waals surface area (Å²) in [5.74, 6) is -0.532. The number of aromatic nitrogens is 1. The highest BCUT2D eigenvalue weighted by Gasteiger charge is 2.14. The second-order valence-electron chi connectivity index (χ2n) is 2.74. The first-order valence-electron chi connectivity index (χ1n) is 4.31. The van der Waals surface area contributed by atoms with E-state index in [-0.39, 0.29) is 5.69 Å². The van der Waals surface area contributed by atoms with Crippen LogP contribution in [-0.2, 0) is 4.74 Å². The number of hydrogen-bond donors (Lipinski definition) is 1. The van der Waals surface area contributed by atoms with Crippen molar-refractivity contribution in [3.8, 4) is 0 Å². The van der Waals surface area contributed by atoms with Crippen LogP contribution in [0.15, 0.2) is 18.3 Å². The Morgan fingerprint density at radius 1 is 1.57 bits per heavy atom. The van der Waals surface area contributed by atoms with E-state index in [4.69, 9.17) is 10.5 Å². The SMILES string of the molecule is CCCOC(=O)c1cccn1C(N)=O. The zero-order valence-electron chi connectivity index (χ0n) is 7.90. The topological polar surface area (TPSA) is 74.3 Å². The Kier molecular flexibility index (Phi) is 3.28. The summed E-state index contributed by atoms with van der Waals surface area (Å²) < 4.78 is 5.91. The van der Waals surface area contributed by atoms with Crippen LogP contribution in [0, 0.1) is 0 Å². The van der Waals surface area contributed by atoms with Gasteiger partial charge in [0, 0.05) is 6.20 Å². The van der Waals surface area contributed by atoms with E-state index in [2.05, 4.69) is 0 Å². The molecule has 1 aromatic rings. The number of carbonyl (C=O) groups is 2. The molecule has 0 aliphatic rings. The van der Waals surface area contributed by atoms with Gasteiger partial charge in [0.15, 0.2) is 0 Å². The molecule has 1 amide bonds. The molecule has 0 atom stereocenters. The van der Waals surface area contributed by atoms with Crippen molar-refractivity contribution in [2.24, 2.45) is 5.73 Å². The zero-order valence-corrected chi connectivity index (χ0v) is 7.90. The van der Waals surface area contributed by atoms with Gasteiger partial charge >= 0.3 is 12.0 Å². The molecule has 5 nitrogen and oxygen atoms in total. The lowest BCUT2D eigenvalue weighted by Gasteiger charge is -2.04. The highest BCUT2D eigenvalue weighted by Crippen LogP contribution is 2.03. The van der Waals surface area contributed by atoms with Gasteiger partial charge in [0.1, 0.15) is 5.69 Å². The van der Waals surface area contributed by atoms with Gasteiger partial charge in [-0.1, -0.05) is 6.92 Å². The Balaban J connectivity index is 2.79. The summed E-state index contributed by atoms with van der Waals surface area (Å²) >= 11 is 0. The molecular weight excluding hydrogens is 184 g/mol. The summed E-state index contributed by atoms with van der Waals surface area (Å²) in [6.45, 7) is 2.23. The molecule has 0 aliphatic carbocycles. The van der Waals surface area contributed by atoms with Gasteiger partial charge in [-0.25, -0.2) is 9.59 Å². The first-order chi connectivity index (χ1) is 6.66. The van der Waals surface area contributed by atoms with E-state index in [1.165, 1.54) is 12.3 Å². The molecule has 2 N–H and O–H groups in total. The fourth-order valence-corrected chi connectivity index (χ4v) is 1.01. The van der Waals surface area contributed by atoms with Crippen LogP contribution in [0.2, 0.25) is 0 Å². The molecule has 0 spiro atoms. The number of rotatable bonds is 3. The minimum Gasteiger partial charge on any atom is -0.461 e. The van der Waals surface area contributed by atoms with Crippen molar-refractivity contribution >= 4 is 12.0 Å². The average molecular weight is 196 g/mol. The molecule has 0 fully saturated rings. The van der Waals surface area contributed by atoms with E-state index < -0.39 is 12.0 Å². The molecule has 0 unspecified atom stereocenters. The Hall–Kier alpha value is -1.78. The molecular formula is C9H12N2O3. The van der Waals surface area contributed by atoms with E-state index in [0.29, 0.717) is 6.61 Å². The van der Waals surface area contributed by atoms with Gasteiger partial charge in [-0.15, -0.1) is 0 Å². The highest BCUT2D eigenvalue weighted by molar-refractivity contribution is 5.92. The number of primary amides is 1. The summed E-state index contributed by atoms with van der Waals surface area (Å²) in [5, 5.41) is 0. The van der Waals surface area contributed by atoms with Crippen LogP contribution in [0.25, 0.3) is 0 Å². The van der Waals surface area contributed by atoms with Crippen molar-refractivity contribution in [1.29, 1.82) is 0 Å². The first kappa shape index (κ1) is 10.3. The second kappa shape index (κ2) is 4.45. The van der Waals surface area contributed by atoms with Crippen molar-refractivity contribution in [3.63, 3.8) is 0 Å². The Morgan fingerprint density at radius 2 is 2.29 bits per heavy atom. The largest absolute Gasteiger partial charge is 0.461 e. The molecule has 76 valence electrons. The Bertz CT molecular complexity index is 344. The molecule has 0 radical (unpaired) electrons. The molecule has 1 rings (SSSR count). The second-order valence-corrected chi connectivity index (χ2v) is 2.74. The first-order valence-corrected chi connectivity index (χ1v) is 4.31. The summed E-state index contributed by atoms with van der Waals surface area (Å²) in [5.41, 5.74) is 5.20. The molecule has 1 aromatic heterocycles. The molecule has 0 aliphatic heterocycles. The lowest BCUT2D eigenvalue weighted by atomic mass is 10.4. The fourth-order valence-electron chi connectivity index (χ4n) is 1.01. The molecule has 14 heavy (non-hydrogen) atoms. The number of hydrogen-bond acceptors (Lipinski definition) is 3. The van der Waals surface area contributed by atoms with Crippen LogP contribution >= 0.6 is 0 Å². The minimum absolute atomic E-state index is 0.158. The van der Waals surface area contributed by atoms with E-state index in [9.17, 15) is 9.59 Å². The number of amides is 1. The molecule has 0 saturated heterocycles. The molecule has 1 heterocycles. The van der Waals surface area contributed by atoms with Gasteiger partial charge in [-0.3, -0.25) is 4.57 Å². The van der Waals surface area contributed by atoms with Crippen LogP contribution < -0.4 is 5.73 Å². The van der Waals surface area contributed by atoms with E-state index >= 15 is 0 Å². The highest BCUT2D eigenvalue weighted by atomic mass is 16.5. The third-order valence-electron chi connectivity index (χ3n) is 1.63. The van der Waals surface area contributed by atoms with Gasteiger partial charge in [-0.2, -0.15) is 0 Å². The van der Waals surface area contributed by atoms with Crippen LogP contribution in [0.5, 0.6) is 0 Å². The van der Waals surface area contributed by atoms with E-state index in [1.54, 1.807) is 6.07 Å². The number of esters is 1. The number of carbonyl (C=O) groups excluding carboxylic acids is 2. The lowest BCUT2D eigenvalue weighted by Crippen LogP contribution is -2.23. The maximum absolute atomic E-state index is 11.3. The van der Waals surface area contributed by atoms with Crippen LogP contribution in [0.4, 0.5) is 4.79 Å². The van der Waals surface area contributed by atoms with Crippen LogP contribution in [0.3, 0.4) is 0 Å². The average Bonchev–Trinajstić information content (AvgIpc) is 2.62. The Morgan fingerprint density at radius 3 is 2.86 bits per heavy atom. The molecule has 0 bridgehead atoms. The fraction of sp³-hybridized carbons (Fsp3) is 0.333. The summed E-state index contributed by atoms with van der Waals surface area (Å²) in [6, 6.07) is 2.36. The van der Waals surface area contributed by atoms with Gasteiger partial charge in [-0.05, 0) is 18.6 Å². The van der Waals surface area contributed by atoms with E-state index in [1.807, 2.05) is 6.92 Å². The van der Waals surface area contributed by atoms with Crippen LogP contribution in [-0.4, -0.2) is 23.2 Å². The minimum atomic E-state index is -0.696. The van der Waals surface area contributed by atoms with Gasteiger partial charge in [0.25, 0.3) is 0 Å². The van der Waals surface area contributed by atoms with Gasteiger partial charge in [0.05, 0.1) is 6.61 Å². The predicted molar refractivity (Wildman–Crippen MR) is 50.0 cm³/mol. The predicted octanol–water partition coefficient (Wildman–Crippen LogP) is 0.982. The third-order valence-corrected chi connectivity index (χ3v) is 1.63. The lowest BCUT2D eigenvalue weighted by molar-refractivity contribution is 0.0495. The monoisotopic (exact) mass is 196 g/mol. The zero-order chi connectivity index (χ0) is 10.6. The number of ether oxygens (including phenoxy) is 1. The van der Waals surface area contributed by atoms with Crippen molar-refractivity contribution < 1.29 is 14.3 Å². The number of nitrogens with zero attached hydrogens (tertiary/aromatic N) is 1. The molecule has 0 aromatic carbocycles. The summed E-state index contributed by atoms with van der Waals surface area (Å²) in [4.78, 5) is 22.2. The maximum atomic E-state index is 11.3. The molecule has 5 heteroatoms.